The number of aliphatic hydroxyl groups is 1. The predicted octanol–water partition coefficient (Wildman–Crippen LogP) is 2.38. The maximum absolute atomic E-state index is 9.09. The summed E-state index contributed by atoms with van der Waals surface area (Å²) in [6, 6.07) is 9.36. The lowest BCUT2D eigenvalue weighted by atomic mass is 10.1. The Labute approximate surface area is 97.6 Å². The number of fused-ring (bicyclic) bond motifs is 1. The molecule has 0 aliphatic rings. The van der Waals surface area contributed by atoms with Gasteiger partial charge in [0.15, 0.2) is 12.0 Å². The van der Waals surface area contributed by atoms with Crippen LogP contribution in [0.3, 0.4) is 0 Å². The first-order valence-corrected chi connectivity index (χ1v) is 5.26. The molecule has 0 bridgehead atoms. The normalized spacial score (nSPS) is 10.9. The van der Waals surface area contributed by atoms with Crippen LogP contribution >= 0.6 is 0 Å². The molecule has 3 rings (SSSR count). The van der Waals surface area contributed by atoms with Gasteiger partial charge in [-0.05, 0) is 35.9 Å². The Bertz CT molecular complexity index is 661. The van der Waals surface area contributed by atoms with Crippen molar-refractivity contribution in [3.05, 3.63) is 48.5 Å². The van der Waals surface area contributed by atoms with Crippen LogP contribution in [0.25, 0.3) is 22.4 Å². The molecular weight excluding hydrogens is 216 g/mol. The lowest BCUT2D eigenvalue weighted by molar-refractivity contribution is 0.282. The van der Waals surface area contributed by atoms with Crippen molar-refractivity contribution in [1.82, 2.24) is 9.97 Å². The Morgan fingerprint density at radius 1 is 1.12 bits per heavy atom. The summed E-state index contributed by atoms with van der Waals surface area (Å²) < 4.78 is 5.18. The summed E-state index contributed by atoms with van der Waals surface area (Å²) in [5.41, 5.74) is 4.18. The van der Waals surface area contributed by atoms with E-state index < -0.39 is 0 Å². The molecular formula is C13H10N2O2. The molecule has 1 aromatic carbocycles. The van der Waals surface area contributed by atoms with E-state index in [0.29, 0.717) is 0 Å². The molecule has 0 fully saturated rings. The van der Waals surface area contributed by atoms with E-state index in [1.54, 1.807) is 12.3 Å². The van der Waals surface area contributed by atoms with Crippen molar-refractivity contribution >= 4 is 11.1 Å². The number of oxazole rings is 1. The second-order valence-electron chi connectivity index (χ2n) is 3.74. The number of benzene rings is 1. The number of rotatable bonds is 2. The van der Waals surface area contributed by atoms with E-state index in [1.807, 2.05) is 24.3 Å². The van der Waals surface area contributed by atoms with Crippen LogP contribution in [0.15, 0.2) is 47.3 Å². The van der Waals surface area contributed by atoms with E-state index >= 15 is 0 Å². The van der Waals surface area contributed by atoms with Gasteiger partial charge in [0.25, 0.3) is 0 Å². The van der Waals surface area contributed by atoms with Crippen LogP contribution in [-0.2, 0) is 6.61 Å². The third kappa shape index (κ3) is 1.79. The molecule has 0 saturated heterocycles. The van der Waals surface area contributed by atoms with Crippen molar-refractivity contribution in [2.45, 2.75) is 6.61 Å². The van der Waals surface area contributed by atoms with Crippen LogP contribution in [0.5, 0.6) is 0 Å². The van der Waals surface area contributed by atoms with E-state index in [9.17, 15) is 0 Å². The van der Waals surface area contributed by atoms with Gasteiger partial charge < -0.3 is 9.52 Å². The second kappa shape index (κ2) is 3.99. The molecule has 2 heterocycles. The highest BCUT2D eigenvalue weighted by molar-refractivity contribution is 5.79. The van der Waals surface area contributed by atoms with E-state index in [0.717, 1.165) is 27.9 Å². The summed E-state index contributed by atoms with van der Waals surface area (Å²) in [6.45, 7) is 0.0156. The van der Waals surface area contributed by atoms with Gasteiger partial charge in [0.05, 0.1) is 12.3 Å². The zero-order valence-electron chi connectivity index (χ0n) is 9.00. The number of hydrogen-bond donors (Lipinski definition) is 1. The topological polar surface area (TPSA) is 59.2 Å². The van der Waals surface area contributed by atoms with Crippen LogP contribution in [-0.4, -0.2) is 15.1 Å². The van der Waals surface area contributed by atoms with Gasteiger partial charge in [-0.25, -0.2) is 4.98 Å². The Morgan fingerprint density at radius 3 is 2.94 bits per heavy atom. The van der Waals surface area contributed by atoms with Gasteiger partial charge in [0.1, 0.15) is 5.52 Å². The summed E-state index contributed by atoms with van der Waals surface area (Å²) in [7, 11) is 0. The Kier molecular flexibility index (Phi) is 2.34. The van der Waals surface area contributed by atoms with Crippen molar-refractivity contribution in [3.8, 4) is 11.3 Å². The summed E-state index contributed by atoms with van der Waals surface area (Å²) in [5, 5.41) is 9.09. The monoisotopic (exact) mass is 226 g/mol. The first-order chi connectivity index (χ1) is 8.36. The lowest BCUT2D eigenvalue weighted by Crippen LogP contribution is -1.88. The van der Waals surface area contributed by atoms with Gasteiger partial charge in [-0.1, -0.05) is 0 Å². The van der Waals surface area contributed by atoms with Crippen LogP contribution < -0.4 is 0 Å². The van der Waals surface area contributed by atoms with Crippen LogP contribution in [0.1, 0.15) is 5.56 Å². The molecule has 17 heavy (non-hydrogen) atoms. The maximum Gasteiger partial charge on any atom is 0.181 e. The minimum atomic E-state index is 0.0156. The minimum Gasteiger partial charge on any atom is -0.443 e. The zero-order valence-corrected chi connectivity index (χ0v) is 9.00. The van der Waals surface area contributed by atoms with E-state index in [4.69, 9.17) is 9.52 Å². The average Bonchev–Trinajstić information content (AvgIpc) is 2.86. The molecule has 84 valence electrons. The minimum absolute atomic E-state index is 0.0156. The molecule has 0 atom stereocenters. The molecule has 4 nitrogen and oxygen atoms in total. The quantitative estimate of drug-likeness (QED) is 0.728. The lowest BCUT2D eigenvalue weighted by Gasteiger charge is -2.02. The third-order valence-corrected chi connectivity index (χ3v) is 2.63. The molecule has 2 aromatic heterocycles. The van der Waals surface area contributed by atoms with E-state index in [1.165, 1.54) is 6.39 Å². The molecule has 0 aliphatic carbocycles. The molecule has 3 aromatic rings. The van der Waals surface area contributed by atoms with Gasteiger partial charge in [0.2, 0.25) is 0 Å². The molecule has 0 aliphatic heterocycles. The Morgan fingerprint density at radius 2 is 2.06 bits per heavy atom. The van der Waals surface area contributed by atoms with E-state index in [-0.39, 0.29) is 6.61 Å². The van der Waals surface area contributed by atoms with Crippen LogP contribution in [0, 0.1) is 0 Å². The van der Waals surface area contributed by atoms with Crippen molar-refractivity contribution < 1.29 is 9.52 Å². The van der Waals surface area contributed by atoms with Crippen LogP contribution in [0.2, 0.25) is 0 Å². The number of hydrogen-bond acceptors (Lipinski definition) is 4. The molecule has 0 saturated carbocycles. The fourth-order valence-electron chi connectivity index (χ4n) is 1.75. The number of pyridine rings is 1. The molecule has 0 unspecified atom stereocenters. The third-order valence-electron chi connectivity index (χ3n) is 2.63. The summed E-state index contributed by atoms with van der Waals surface area (Å²) in [4.78, 5) is 8.38. The molecule has 4 heteroatoms. The van der Waals surface area contributed by atoms with Gasteiger partial charge in [0, 0.05) is 11.8 Å². The van der Waals surface area contributed by atoms with Gasteiger partial charge in [-0.2, -0.15) is 0 Å². The van der Waals surface area contributed by atoms with Gasteiger partial charge in [-0.15, -0.1) is 0 Å². The Balaban J connectivity index is 2.12. The standard InChI is InChI=1S/C13H10N2O2/c16-7-9-3-4-14-11(5-9)10-1-2-13-12(6-10)15-8-17-13/h1-6,8,16H,7H2. The molecule has 0 radical (unpaired) electrons. The SMILES string of the molecule is OCc1ccnc(-c2ccc3ocnc3c2)c1. The van der Waals surface area contributed by atoms with Gasteiger partial charge >= 0.3 is 0 Å². The van der Waals surface area contributed by atoms with Crippen molar-refractivity contribution in [2.24, 2.45) is 0 Å². The molecule has 0 spiro atoms. The van der Waals surface area contributed by atoms with Crippen molar-refractivity contribution in [1.29, 1.82) is 0 Å². The fourth-order valence-corrected chi connectivity index (χ4v) is 1.75. The fraction of sp³-hybridized carbons (Fsp3) is 0.0769. The number of aliphatic hydroxyl groups excluding tert-OH is 1. The molecule has 1 N–H and O–H groups in total. The second-order valence-corrected chi connectivity index (χ2v) is 3.74. The average molecular weight is 226 g/mol. The Hall–Kier alpha value is -2.20. The maximum atomic E-state index is 9.09. The number of nitrogens with zero attached hydrogens (tertiary/aromatic N) is 2. The zero-order chi connectivity index (χ0) is 11.7. The largest absolute Gasteiger partial charge is 0.443 e. The first kappa shape index (κ1) is 9.99. The summed E-state index contributed by atoms with van der Waals surface area (Å²) in [5.74, 6) is 0. The highest BCUT2D eigenvalue weighted by Crippen LogP contribution is 2.22. The first-order valence-electron chi connectivity index (χ1n) is 5.26. The van der Waals surface area contributed by atoms with Crippen molar-refractivity contribution in [3.63, 3.8) is 0 Å². The predicted molar refractivity (Wildman–Crippen MR) is 63.2 cm³/mol. The molecule has 0 amide bonds. The summed E-state index contributed by atoms with van der Waals surface area (Å²) >= 11 is 0. The highest BCUT2D eigenvalue weighted by atomic mass is 16.3. The summed E-state index contributed by atoms with van der Waals surface area (Å²) in [6.07, 6.45) is 3.11. The van der Waals surface area contributed by atoms with Crippen LogP contribution in [0.4, 0.5) is 0 Å². The van der Waals surface area contributed by atoms with Gasteiger partial charge in [-0.3, -0.25) is 4.98 Å². The highest BCUT2D eigenvalue weighted by Gasteiger charge is 2.04. The smallest absolute Gasteiger partial charge is 0.181 e. The van der Waals surface area contributed by atoms with Crippen molar-refractivity contribution in [2.75, 3.05) is 0 Å². The van der Waals surface area contributed by atoms with E-state index in [2.05, 4.69) is 9.97 Å². The number of aromatic nitrogens is 2.